The van der Waals surface area contributed by atoms with E-state index in [1.165, 1.54) is 0 Å². The van der Waals surface area contributed by atoms with Crippen LogP contribution in [-0.2, 0) is 17.9 Å². The molecule has 1 aromatic heterocycles. The van der Waals surface area contributed by atoms with Crippen molar-refractivity contribution in [1.82, 2.24) is 15.3 Å². The Hall–Kier alpha value is -2.75. The molecule has 1 aliphatic rings. The van der Waals surface area contributed by atoms with E-state index >= 15 is 0 Å². The average Bonchev–Trinajstić information content (AvgIpc) is 2.92. The lowest BCUT2D eigenvalue weighted by molar-refractivity contribution is -0.123. The van der Waals surface area contributed by atoms with Gasteiger partial charge in [-0.05, 0) is 102 Å². The number of hydrogen-bond acceptors (Lipinski definition) is 5. The van der Waals surface area contributed by atoms with Gasteiger partial charge in [0.25, 0.3) is 0 Å². The number of carbonyl (C=O) groups excluding carboxylic acids is 1. The number of piperidine rings is 1. The summed E-state index contributed by atoms with van der Waals surface area (Å²) in [7, 11) is 0. The monoisotopic (exact) mass is 611 g/mol. The summed E-state index contributed by atoms with van der Waals surface area (Å²) in [5.74, 6) is 0.956. The number of hydrogen-bond donors (Lipinski definition) is 2. The Bertz CT molecular complexity index is 1340. The molecule has 3 aromatic carbocycles. The van der Waals surface area contributed by atoms with Crippen LogP contribution in [0.25, 0.3) is 10.9 Å². The molecule has 1 aliphatic heterocycles. The molecular formula is C28H27ClIN5O. The van der Waals surface area contributed by atoms with E-state index in [4.69, 9.17) is 11.6 Å². The van der Waals surface area contributed by atoms with E-state index in [0.717, 1.165) is 57.2 Å². The molecule has 0 atom stereocenters. The zero-order valence-corrected chi connectivity index (χ0v) is 22.7. The molecule has 0 saturated carbocycles. The molecule has 0 aliphatic carbocycles. The Labute approximate surface area is 229 Å². The first-order valence-electron chi connectivity index (χ1n) is 12.1. The smallest absolute Gasteiger partial charge is 0.230 e. The number of fused-ring (bicyclic) bond motifs is 1. The molecule has 6 nitrogen and oxygen atoms in total. The van der Waals surface area contributed by atoms with Crippen molar-refractivity contribution in [2.75, 3.05) is 23.3 Å². The number of aromatic nitrogens is 2. The van der Waals surface area contributed by atoms with Gasteiger partial charge in [0.1, 0.15) is 5.82 Å². The SMILES string of the molecule is O=C(C1CCNCC1)N(Cc1ccccc1)c1ccc(CNc2nc(Cl)nc3ccc(I)cc23)cc1. The van der Waals surface area contributed by atoms with Gasteiger partial charge < -0.3 is 15.5 Å². The van der Waals surface area contributed by atoms with Crippen molar-refractivity contribution >= 4 is 62.5 Å². The normalized spacial score (nSPS) is 14.1. The van der Waals surface area contributed by atoms with Crippen molar-refractivity contribution in [2.24, 2.45) is 5.92 Å². The molecule has 1 saturated heterocycles. The van der Waals surface area contributed by atoms with Crippen molar-refractivity contribution in [3.8, 4) is 0 Å². The minimum atomic E-state index is 0.0508. The third kappa shape index (κ3) is 5.96. The summed E-state index contributed by atoms with van der Waals surface area (Å²) in [5, 5.41) is 7.92. The third-order valence-corrected chi connectivity index (χ3v) is 7.32. The van der Waals surface area contributed by atoms with Gasteiger partial charge in [0.15, 0.2) is 0 Å². The summed E-state index contributed by atoms with van der Waals surface area (Å²) in [5.41, 5.74) is 3.92. The quantitative estimate of drug-likeness (QED) is 0.197. The molecule has 1 fully saturated rings. The van der Waals surface area contributed by atoms with Gasteiger partial charge in [0, 0.05) is 27.1 Å². The molecule has 2 N–H and O–H groups in total. The Balaban J connectivity index is 1.35. The van der Waals surface area contributed by atoms with Crippen LogP contribution in [0.4, 0.5) is 11.5 Å². The van der Waals surface area contributed by atoms with Crippen LogP contribution in [-0.4, -0.2) is 29.0 Å². The topological polar surface area (TPSA) is 70.2 Å². The summed E-state index contributed by atoms with van der Waals surface area (Å²) in [4.78, 5) is 24.2. The first-order chi connectivity index (χ1) is 17.6. The predicted molar refractivity (Wildman–Crippen MR) is 154 cm³/mol. The van der Waals surface area contributed by atoms with E-state index in [9.17, 15) is 4.79 Å². The van der Waals surface area contributed by atoms with Crippen molar-refractivity contribution < 1.29 is 4.79 Å². The van der Waals surface area contributed by atoms with Crippen LogP contribution in [0.3, 0.4) is 0 Å². The van der Waals surface area contributed by atoms with Gasteiger partial charge in [-0.15, -0.1) is 0 Å². The molecular weight excluding hydrogens is 585 g/mol. The summed E-state index contributed by atoms with van der Waals surface area (Å²) in [6.45, 7) is 2.92. The fourth-order valence-corrected chi connectivity index (χ4v) is 5.21. The molecule has 0 spiro atoms. The number of nitrogens with one attached hydrogen (secondary N) is 2. The number of amides is 1. The van der Waals surface area contributed by atoms with Crippen molar-refractivity contribution in [3.63, 3.8) is 0 Å². The molecule has 0 unspecified atom stereocenters. The van der Waals surface area contributed by atoms with Crippen LogP contribution in [0.1, 0.15) is 24.0 Å². The molecule has 1 amide bonds. The van der Waals surface area contributed by atoms with Crippen molar-refractivity contribution in [3.05, 3.63) is 92.8 Å². The Morgan fingerprint density at radius 1 is 1.00 bits per heavy atom. The highest BCUT2D eigenvalue weighted by atomic mass is 127. The maximum Gasteiger partial charge on any atom is 0.230 e. The van der Waals surface area contributed by atoms with E-state index < -0.39 is 0 Å². The van der Waals surface area contributed by atoms with Crippen LogP contribution in [0.15, 0.2) is 72.8 Å². The number of anilines is 2. The Morgan fingerprint density at radius 2 is 1.75 bits per heavy atom. The van der Waals surface area contributed by atoms with Crippen LogP contribution in [0, 0.1) is 9.49 Å². The van der Waals surface area contributed by atoms with Gasteiger partial charge in [0.05, 0.1) is 12.1 Å². The maximum absolute atomic E-state index is 13.5. The number of carbonyl (C=O) groups is 1. The first-order valence-corrected chi connectivity index (χ1v) is 13.5. The molecule has 8 heteroatoms. The molecule has 5 rings (SSSR count). The maximum atomic E-state index is 13.5. The second kappa shape index (κ2) is 11.5. The Kier molecular flexibility index (Phi) is 7.99. The summed E-state index contributed by atoms with van der Waals surface area (Å²) < 4.78 is 1.11. The van der Waals surface area contributed by atoms with Crippen molar-refractivity contribution in [2.45, 2.75) is 25.9 Å². The predicted octanol–water partition coefficient (Wildman–Crippen LogP) is 6.03. The van der Waals surface area contributed by atoms with Crippen LogP contribution >= 0.6 is 34.2 Å². The van der Waals surface area contributed by atoms with Crippen LogP contribution in [0.2, 0.25) is 5.28 Å². The first kappa shape index (κ1) is 24.9. The van der Waals surface area contributed by atoms with Gasteiger partial charge >= 0.3 is 0 Å². The van der Waals surface area contributed by atoms with Gasteiger partial charge in [-0.1, -0.05) is 42.5 Å². The molecule has 0 radical (unpaired) electrons. The molecule has 36 heavy (non-hydrogen) atoms. The van der Waals surface area contributed by atoms with Gasteiger partial charge in [-0.2, -0.15) is 0 Å². The lowest BCUT2D eigenvalue weighted by atomic mass is 9.96. The minimum Gasteiger partial charge on any atom is -0.365 e. The highest BCUT2D eigenvalue weighted by Crippen LogP contribution is 2.26. The van der Waals surface area contributed by atoms with Gasteiger partial charge in [-0.25, -0.2) is 9.97 Å². The number of rotatable bonds is 7. The van der Waals surface area contributed by atoms with E-state index in [2.05, 4.69) is 67.5 Å². The Morgan fingerprint density at radius 3 is 2.50 bits per heavy atom. The van der Waals surface area contributed by atoms with Crippen molar-refractivity contribution in [1.29, 1.82) is 0 Å². The van der Waals surface area contributed by atoms with E-state index in [-0.39, 0.29) is 17.1 Å². The fraction of sp³-hybridized carbons (Fsp3) is 0.250. The zero-order chi connectivity index (χ0) is 24.9. The van der Waals surface area contributed by atoms with Gasteiger partial charge in [0.2, 0.25) is 11.2 Å². The summed E-state index contributed by atoms with van der Waals surface area (Å²) >= 11 is 8.44. The minimum absolute atomic E-state index is 0.0508. The van der Waals surface area contributed by atoms with Crippen LogP contribution in [0.5, 0.6) is 0 Å². The number of nitrogens with zero attached hydrogens (tertiary/aromatic N) is 3. The second-order valence-electron chi connectivity index (χ2n) is 8.96. The highest BCUT2D eigenvalue weighted by molar-refractivity contribution is 14.1. The van der Waals surface area contributed by atoms with E-state index in [1.54, 1.807) is 0 Å². The standard InChI is InChI=1S/C28H27ClIN5O/c29-28-33-25-11-8-22(30)16-24(25)26(34-28)32-17-19-6-9-23(10-7-19)35(18-20-4-2-1-3-5-20)27(36)21-12-14-31-15-13-21/h1-11,16,21,31H,12-15,17-18H2,(H,32,33,34). The molecule has 0 bridgehead atoms. The highest BCUT2D eigenvalue weighted by Gasteiger charge is 2.27. The second-order valence-corrected chi connectivity index (χ2v) is 10.5. The third-order valence-electron chi connectivity index (χ3n) is 6.48. The van der Waals surface area contributed by atoms with E-state index in [1.807, 2.05) is 53.4 Å². The fourth-order valence-electron chi connectivity index (χ4n) is 4.54. The number of halogens is 2. The number of benzene rings is 3. The lowest BCUT2D eigenvalue weighted by Gasteiger charge is -2.30. The molecule has 4 aromatic rings. The average molecular weight is 612 g/mol. The summed E-state index contributed by atoms with van der Waals surface area (Å²) in [6.07, 6.45) is 1.75. The molecule has 184 valence electrons. The van der Waals surface area contributed by atoms with Gasteiger partial charge in [-0.3, -0.25) is 4.79 Å². The zero-order valence-electron chi connectivity index (χ0n) is 19.8. The lowest BCUT2D eigenvalue weighted by Crippen LogP contribution is -2.40. The summed E-state index contributed by atoms with van der Waals surface area (Å²) in [6, 6.07) is 24.4. The molecule has 2 heterocycles. The van der Waals surface area contributed by atoms with Crippen LogP contribution < -0.4 is 15.5 Å². The largest absolute Gasteiger partial charge is 0.365 e. The van der Waals surface area contributed by atoms with E-state index in [0.29, 0.717) is 18.9 Å².